The van der Waals surface area contributed by atoms with Gasteiger partial charge in [0.25, 0.3) is 5.91 Å². The summed E-state index contributed by atoms with van der Waals surface area (Å²) in [6.45, 7) is 0.961. The van der Waals surface area contributed by atoms with Crippen LogP contribution in [0.25, 0.3) is 0 Å². The van der Waals surface area contributed by atoms with E-state index >= 15 is 0 Å². The van der Waals surface area contributed by atoms with Crippen LogP contribution < -0.4 is 4.74 Å². The zero-order valence-corrected chi connectivity index (χ0v) is 11.6. The Balaban J connectivity index is 2.00. The van der Waals surface area contributed by atoms with Crippen molar-refractivity contribution in [1.29, 1.82) is 5.26 Å². The van der Waals surface area contributed by atoms with Gasteiger partial charge in [0.2, 0.25) is 0 Å². The van der Waals surface area contributed by atoms with Gasteiger partial charge in [-0.3, -0.25) is 4.79 Å². The van der Waals surface area contributed by atoms with Crippen molar-refractivity contribution in [3.05, 3.63) is 29.1 Å². The number of fused-ring (bicyclic) bond motifs is 1. The minimum Gasteiger partial charge on any atom is -0.496 e. The minimum absolute atomic E-state index is 0.0897. The molecule has 2 aliphatic rings. The van der Waals surface area contributed by atoms with E-state index in [1.807, 2.05) is 6.07 Å². The van der Waals surface area contributed by atoms with Crippen LogP contribution in [0.5, 0.6) is 5.75 Å². The molecule has 0 aromatic heterocycles. The van der Waals surface area contributed by atoms with Gasteiger partial charge in [-0.15, -0.1) is 0 Å². The normalized spacial score (nSPS) is 24.0. The fourth-order valence-corrected chi connectivity index (χ4v) is 2.98. The van der Waals surface area contributed by atoms with E-state index < -0.39 is 11.9 Å². The van der Waals surface area contributed by atoms with Gasteiger partial charge in [0.1, 0.15) is 17.6 Å². The molecule has 2 heterocycles. The maximum Gasteiger partial charge on any atom is 0.259 e. The Labute approximate surface area is 121 Å². The summed E-state index contributed by atoms with van der Waals surface area (Å²) in [7, 11) is 1.42. The Morgan fingerprint density at radius 2 is 2.38 bits per heavy atom. The van der Waals surface area contributed by atoms with Crippen LogP contribution in [0.4, 0.5) is 4.39 Å². The van der Waals surface area contributed by atoms with E-state index in [1.165, 1.54) is 24.1 Å². The van der Waals surface area contributed by atoms with E-state index in [2.05, 4.69) is 0 Å². The fraction of sp³-hybridized carbons (Fsp3) is 0.467. The van der Waals surface area contributed by atoms with Crippen LogP contribution >= 0.6 is 0 Å². The maximum atomic E-state index is 14.1. The van der Waals surface area contributed by atoms with Crippen LogP contribution in [-0.4, -0.2) is 37.2 Å². The molecular weight excluding hydrogens is 275 g/mol. The topological polar surface area (TPSA) is 62.6 Å². The molecule has 0 saturated carbocycles. The molecule has 1 aromatic rings. The van der Waals surface area contributed by atoms with Gasteiger partial charge in [0.15, 0.2) is 0 Å². The van der Waals surface area contributed by atoms with Gasteiger partial charge in [-0.1, -0.05) is 0 Å². The van der Waals surface area contributed by atoms with Gasteiger partial charge < -0.3 is 14.4 Å². The average molecular weight is 290 g/mol. The molecular formula is C15H15FN2O3. The highest BCUT2D eigenvalue weighted by Gasteiger charge is 2.42. The molecule has 2 atom stereocenters. The van der Waals surface area contributed by atoms with Crippen molar-refractivity contribution < 1.29 is 18.7 Å². The summed E-state index contributed by atoms with van der Waals surface area (Å²) >= 11 is 0. The van der Waals surface area contributed by atoms with Gasteiger partial charge in [-0.05, 0) is 25.0 Å². The minimum atomic E-state index is -0.924. The smallest absolute Gasteiger partial charge is 0.259 e. The van der Waals surface area contributed by atoms with Crippen molar-refractivity contribution in [1.82, 2.24) is 4.90 Å². The summed E-state index contributed by atoms with van der Waals surface area (Å²) in [5.41, 5.74) is 0.266. The third-order valence-electron chi connectivity index (χ3n) is 3.98. The SMILES string of the molecule is COc1ccc(F)c2c1C(=O)N(CC1CCCO1)C2C#N. The largest absolute Gasteiger partial charge is 0.496 e. The number of rotatable bonds is 3. The Hall–Kier alpha value is -2.13. The number of carbonyl (C=O) groups is 1. The summed E-state index contributed by atoms with van der Waals surface area (Å²) in [4.78, 5) is 13.9. The Kier molecular flexibility index (Phi) is 3.52. The number of hydrogen-bond acceptors (Lipinski definition) is 4. The molecule has 0 radical (unpaired) electrons. The fourth-order valence-electron chi connectivity index (χ4n) is 2.98. The van der Waals surface area contributed by atoms with Gasteiger partial charge in [0.05, 0.1) is 24.8 Å². The molecule has 2 unspecified atom stereocenters. The first-order valence-corrected chi connectivity index (χ1v) is 6.86. The molecule has 0 aliphatic carbocycles. The zero-order chi connectivity index (χ0) is 15.0. The highest BCUT2D eigenvalue weighted by Crippen LogP contribution is 2.40. The Bertz CT molecular complexity index is 620. The Morgan fingerprint density at radius 1 is 1.57 bits per heavy atom. The number of nitriles is 1. The van der Waals surface area contributed by atoms with Gasteiger partial charge >= 0.3 is 0 Å². The number of nitrogens with zero attached hydrogens (tertiary/aromatic N) is 2. The van der Waals surface area contributed by atoms with Crippen LogP contribution in [0.2, 0.25) is 0 Å². The molecule has 2 aliphatic heterocycles. The molecule has 110 valence electrons. The number of hydrogen-bond donors (Lipinski definition) is 0. The van der Waals surface area contributed by atoms with Gasteiger partial charge in [-0.2, -0.15) is 5.26 Å². The van der Waals surface area contributed by atoms with Crippen LogP contribution in [0, 0.1) is 17.1 Å². The van der Waals surface area contributed by atoms with Crippen molar-refractivity contribution in [3.63, 3.8) is 0 Å². The number of benzene rings is 1. The number of methoxy groups -OCH3 is 1. The standard InChI is InChI=1S/C15H15FN2O3/c1-20-12-5-4-10(16)13-11(7-17)18(15(19)14(12)13)8-9-3-2-6-21-9/h4-5,9,11H,2-3,6,8H2,1H3. The molecule has 0 bridgehead atoms. The lowest BCUT2D eigenvalue weighted by atomic mass is 10.0. The van der Waals surface area contributed by atoms with E-state index in [9.17, 15) is 14.4 Å². The lowest BCUT2D eigenvalue weighted by molar-refractivity contribution is 0.0509. The first-order chi connectivity index (χ1) is 10.2. The molecule has 1 fully saturated rings. The zero-order valence-electron chi connectivity index (χ0n) is 11.6. The number of ether oxygens (including phenoxy) is 2. The lowest BCUT2D eigenvalue weighted by Crippen LogP contribution is -2.35. The van der Waals surface area contributed by atoms with E-state index in [-0.39, 0.29) is 23.1 Å². The van der Waals surface area contributed by atoms with Crippen LogP contribution in [0.1, 0.15) is 34.8 Å². The van der Waals surface area contributed by atoms with Gasteiger partial charge in [0, 0.05) is 18.7 Å². The van der Waals surface area contributed by atoms with E-state index in [0.717, 1.165) is 12.8 Å². The molecule has 1 aromatic carbocycles. The quantitative estimate of drug-likeness (QED) is 0.854. The lowest BCUT2D eigenvalue weighted by Gasteiger charge is -2.23. The summed E-state index contributed by atoms with van der Waals surface area (Å²) in [6.07, 6.45) is 1.69. The number of amides is 1. The number of carbonyl (C=O) groups excluding carboxylic acids is 1. The second kappa shape index (κ2) is 5.34. The van der Waals surface area contributed by atoms with Crippen molar-refractivity contribution >= 4 is 5.91 Å². The van der Waals surface area contributed by atoms with Crippen molar-refractivity contribution in [2.24, 2.45) is 0 Å². The van der Waals surface area contributed by atoms with Crippen molar-refractivity contribution in [3.8, 4) is 11.8 Å². The molecule has 21 heavy (non-hydrogen) atoms. The third kappa shape index (κ3) is 2.14. The average Bonchev–Trinajstić information content (AvgIpc) is 3.09. The van der Waals surface area contributed by atoms with Crippen molar-refractivity contribution in [2.45, 2.75) is 25.0 Å². The molecule has 3 rings (SSSR count). The van der Waals surface area contributed by atoms with Crippen LogP contribution in [0.15, 0.2) is 12.1 Å². The highest BCUT2D eigenvalue weighted by molar-refractivity contribution is 6.02. The third-order valence-corrected chi connectivity index (χ3v) is 3.98. The highest BCUT2D eigenvalue weighted by atomic mass is 19.1. The second-order valence-corrected chi connectivity index (χ2v) is 5.16. The van der Waals surface area contributed by atoms with Crippen molar-refractivity contribution in [2.75, 3.05) is 20.3 Å². The summed E-state index contributed by atoms with van der Waals surface area (Å²) in [5, 5.41) is 9.37. The first-order valence-electron chi connectivity index (χ1n) is 6.86. The van der Waals surface area contributed by atoms with Crippen LogP contribution in [0.3, 0.4) is 0 Å². The summed E-state index contributed by atoms with van der Waals surface area (Å²) < 4.78 is 24.7. The monoisotopic (exact) mass is 290 g/mol. The second-order valence-electron chi connectivity index (χ2n) is 5.16. The molecule has 0 spiro atoms. The van der Waals surface area contributed by atoms with E-state index in [4.69, 9.17) is 9.47 Å². The first kappa shape index (κ1) is 13.8. The van der Waals surface area contributed by atoms with Crippen LogP contribution in [-0.2, 0) is 4.74 Å². The van der Waals surface area contributed by atoms with Gasteiger partial charge in [-0.25, -0.2) is 4.39 Å². The predicted molar refractivity (Wildman–Crippen MR) is 71.3 cm³/mol. The maximum absolute atomic E-state index is 14.1. The molecule has 1 amide bonds. The molecule has 0 N–H and O–H groups in total. The molecule has 6 heteroatoms. The van der Waals surface area contributed by atoms with E-state index in [1.54, 1.807) is 0 Å². The van der Waals surface area contributed by atoms with E-state index in [0.29, 0.717) is 18.9 Å². The Morgan fingerprint density at radius 3 is 3.00 bits per heavy atom. The summed E-state index contributed by atoms with van der Waals surface area (Å²) in [5.74, 6) is -0.629. The predicted octanol–water partition coefficient (Wildman–Crippen LogP) is 2.03. The molecule has 5 nitrogen and oxygen atoms in total. The summed E-state index contributed by atoms with van der Waals surface area (Å²) in [6, 6.07) is 3.74. The number of halogens is 1. The molecule has 1 saturated heterocycles.